The standard InChI is InChI=1S/C46H32Si/c1-2-14-39(15-3-1)47-40-26-27-43-44(30-40)45(34-22-18-33(19-23-34)37-24-20-31-10-4-6-12-35(31)28-37)41-16-8-9-17-42(41)46(43)38-25-21-32-11-5-7-13-36(32)29-38/h1-30H,47H2. The van der Waals surface area contributed by atoms with Gasteiger partial charge in [0.05, 0.1) is 9.52 Å². The minimum atomic E-state index is -0.632. The van der Waals surface area contributed by atoms with Gasteiger partial charge in [0.2, 0.25) is 0 Å². The minimum absolute atomic E-state index is 0.632. The van der Waals surface area contributed by atoms with E-state index < -0.39 is 9.52 Å². The zero-order valence-corrected chi connectivity index (χ0v) is 27.4. The molecule has 0 atom stereocenters. The predicted octanol–water partition coefficient (Wildman–Crippen LogP) is 10.4. The van der Waals surface area contributed by atoms with Crippen molar-refractivity contribution in [2.45, 2.75) is 0 Å². The van der Waals surface area contributed by atoms with Crippen molar-refractivity contribution in [3.63, 3.8) is 0 Å². The Bertz CT molecular complexity index is 2580. The predicted molar refractivity (Wildman–Crippen MR) is 207 cm³/mol. The highest BCUT2D eigenvalue weighted by molar-refractivity contribution is 6.67. The first kappa shape index (κ1) is 27.5. The average molecular weight is 613 g/mol. The van der Waals surface area contributed by atoms with Gasteiger partial charge in [-0.2, -0.15) is 0 Å². The van der Waals surface area contributed by atoms with Gasteiger partial charge in [-0.15, -0.1) is 0 Å². The molecule has 9 aromatic rings. The van der Waals surface area contributed by atoms with Crippen molar-refractivity contribution in [2.75, 3.05) is 0 Å². The van der Waals surface area contributed by atoms with Gasteiger partial charge in [0.1, 0.15) is 0 Å². The molecule has 0 spiro atoms. The number of hydrogen-bond donors (Lipinski definition) is 0. The molecule has 0 aliphatic carbocycles. The molecule has 0 radical (unpaired) electrons. The molecule has 0 nitrogen and oxygen atoms in total. The van der Waals surface area contributed by atoms with Gasteiger partial charge in [-0.1, -0.05) is 180 Å². The fourth-order valence-electron chi connectivity index (χ4n) is 7.33. The molecule has 0 aliphatic rings. The van der Waals surface area contributed by atoms with Crippen LogP contribution >= 0.6 is 0 Å². The van der Waals surface area contributed by atoms with Gasteiger partial charge in [-0.25, -0.2) is 0 Å². The van der Waals surface area contributed by atoms with Gasteiger partial charge in [-0.3, -0.25) is 0 Å². The lowest BCUT2D eigenvalue weighted by molar-refractivity contribution is 1.63. The molecular weight excluding hydrogens is 581 g/mol. The van der Waals surface area contributed by atoms with Crippen LogP contribution in [0.2, 0.25) is 0 Å². The Balaban J connectivity index is 1.27. The quantitative estimate of drug-likeness (QED) is 0.134. The minimum Gasteiger partial charge on any atom is -0.0633 e. The third-order valence-corrected chi connectivity index (χ3v) is 11.4. The van der Waals surface area contributed by atoms with E-state index in [4.69, 9.17) is 0 Å². The van der Waals surface area contributed by atoms with Gasteiger partial charge < -0.3 is 0 Å². The molecule has 0 saturated heterocycles. The SMILES string of the molecule is c1ccc([SiH2]c2ccc3c(-c4ccc5ccccc5c4)c4ccccc4c(-c4ccc(-c5ccc6ccccc6c5)cc4)c3c2)cc1. The smallest absolute Gasteiger partial charge is 0.0633 e. The molecule has 1 heteroatoms. The van der Waals surface area contributed by atoms with Crippen LogP contribution in [0.25, 0.3) is 76.5 Å². The Morgan fingerprint density at radius 1 is 0.255 bits per heavy atom. The molecular formula is C46H32Si. The van der Waals surface area contributed by atoms with Crippen molar-refractivity contribution in [2.24, 2.45) is 0 Å². The summed E-state index contributed by atoms with van der Waals surface area (Å²) in [5, 5.41) is 13.2. The fourth-order valence-corrected chi connectivity index (χ4v) is 8.85. The first-order chi connectivity index (χ1) is 23.3. The Labute approximate surface area is 277 Å². The summed E-state index contributed by atoms with van der Waals surface area (Å²) in [5.41, 5.74) is 7.61. The van der Waals surface area contributed by atoms with E-state index in [1.807, 2.05) is 0 Å². The second-order valence-electron chi connectivity index (χ2n) is 12.5. The molecule has 0 bridgehead atoms. The third kappa shape index (κ3) is 5.02. The number of fused-ring (bicyclic) bond motifs is 4. The molecule has 0 fully saturated rings. The molecule has 9 aromatic carbocycles. The van der Waals surface area contributed by atoms with Crippen molar-refractivity contribution >= 4 is 63.0 Å². The molecule has 47 heavy (non-hydrogen) atoms. The van der Waals surface area contributed by atoms with Gasteiger partial charge in [-0.05, 0) is 88.6 Å². The maximum Gasteiger partial charge on any atom is 0.0875 e. The highest BCUT2D eigenvalue weighted by Crippen LogP contribution is 2.44. The maximum atomic E-state index is 2.50. The van der Waals surface area contributed by atoms with Crippen LogP contribution < -0.4 is 10.4 Å². The number of benzene rings is 9. The fraction of sp³-hybridized carbons (Fsp3) is 0. The van der Waals surface area contributed by atoms with Crippen molar-refractivity contribution in [3.8, 4) is 33.4 Å². The summed E-state index contributed by atoms with van der Waals surface area (Å²) < 4.78 is 0. The summed E-state index contributed by atoms with van der Waals surface area (Å²) in [5.74, 6) is 0. The van der Waals surface area contributed by atoms with Crippen LogP contribution in [0.3, 0.4) is 0 Å². The molecule has 0 heterocycles. The van der Waals surface area contributed by atoms with Crippen LogP contribution in [0, 0.1) is 0 Å². The number of rotatable bonds is 5. The molecule has 0 N–H and O–H groups in total. The van der Waals surface area contributed by atoms with Crippen molar-refractivity contribution in [3.05, 3.63) is 182 Å². The lowest BCUT2D eigenvalue weighted by Crippen LogP contribution is -2.26. The second-order valence-corrected chi connectivity index (χ2v) is 14.5. The van der Waals surface area contributed by atoms with Crippen LogP contribution in [0.5, 0.6) is 0 Å². The highest BCUT2D eigenvalue weighted by Gasteiger charge is 2.18. The molecule has 0 amide bonds. The van der Waals surface area contributed by atoms with Crippen LogP contribution in [0.1, 0.15) is 0 Å². The second kappa shape index (κ2) is 11.5. The largest absolute Gasteiger partial charge is 0.0875 e. The van der Waals surface area contributed by atoms with E-state index in [0.717, 1.165) is 0 Å². The maximum absolute atomic E-state index is 2.50. The van der Waals surface area contributed by atoms with E-state index in [9.17, 15) is 0 Å². The molecule has 0 aliphatic heterocycles. The van der Waals surface area contributed by atoms with Gasteiger partial charge in [0.15, 0.2) is 0 Å². The van der Waals surface area contributed by atoms with Crippen molar-refractivity contribution in [1.82, 2.24) is 0 Å². The summed E-state index contributed by atoms with van der Waals surface area (Å²) in [4.78, 5) is 0. The van der Waals surface area contributed by atoms with E-state index >= 15 is 0 Å². The molecule has 0 saturated carbocycles. The van der Waals surface area contributed by atoms with Crippen LogP contribution in [0.4, 0.5) is 0 Å². The molecule has 0 unspecified atom stereocenters. The van der Waals surface area contributed by atoms with Crippen molar-refractivity contribution < 1.29 is 0 Å². The van der Waals surface area contributed by atoms with Gasteiger partial charge in [0.25, 0.3) is 0 Å². The monoisotopic (exact) mass is 612 g/mol. The van der Waals surface area contributed by atoms with E-state index in [1.165, 1.54) is 86.8 Å². The Morgan fingerprint density at radius 2 is 0.745 bits per heavy atom. The van der Waals surface area contributed by atoms with Crippen LogP contribution in [0.15, 0.2) is 182 Å². The zero-order valence-electron chi connectivity index (χ0n) is 26.0. The summed E-state index contributed by atoms with van der Waals surface area (Å²) in [6.07, 6.45) is 0. The third-order valence-electron chi connectivity index (χ3n) is 9.63. The lowest BCUT2D eigenvalue weighted by Gasteiger charge is -2.19. The average Bonchev–Trinajstić information content (AvgIpc) is 3.14. The van der Waals surface area contributed by atoms with E-state index in [2.05, 4.69) is 182 Å². The Kier molecular flexibility index (Phi) is 6.77. The van der Waals surface area contributed by atoms with Gasteiger partial charge >= 0.3 is 0 Å². The Morgan fingerprint density at radius 3 is 1.43 bits per heavy atom. The van der Waals surface area contributed by atoms with Crippen molar-refractivity contribution in [1.29, 1.82) is 0 Å². The first-order valence-corrected chi connectivity index (χ1v) is 17.8. The van der Waals surface area contributed by atoms with Gasteiger partial charge in [0, 0.05) is 0 Å². The summed E-state index contributed by atoms with van der Waals surface area (Å²) >= 11 is 0. The Hall–Kier alpha value is -5.76. The molecule has 9 rings (SSSR count). The normalized spacial score (nSPS) is 11.7. The first-order valence-electron chi connectivity index (χ1n) is 16.4. The zero-order chi connectivity index (χ0) is 31.2. The summed E-state index contributed by atoms with van der Waals surface area (Å²) in [7, 11) is -0.632. The highest BCUT2D eigenvalue weighted by atomic mass is 28.2. The number of hydrogen-bond acceptors (Lipinski definition) is 0. The van der Waals surface area contributed by atoms with Crippen LogP contribution in [-0.4, -0.2) is 9.52 Å². The van der Waals surface area contributed by atoms with E-state index in [-0.39, 0.29) is 0 Å². The lowest BCUT2D eigenvalue weighted by atomic mass is 9.85. The van der Waals surface area contributed by atoms with Crippen LogP contribution in [-0.2, 0) is 0 Å². The summed E-state index contributed by atoms with van der Waals surface area (Å²) in [6.45, 7) is 0. The summed E-state index contributed by atoms with van der Waals surface area (Å²) in [6, 6.07) is 67.4. The van der Waals surface area contributed by atoms with E-state index in [1.54, 1.807) is 0 Å². The van der Waals surface area contributed by atoms with E-state index in [0.29, 0.717) is 0 Å². The molecule has 220 valence electrons. The topological polar surface area (TPSA) is 0 Å². The molecule has 0 aromatic heterocycles.